The summed E-state index contributed by atoms with van der Waals surface area (Å²) in [6.07, 6.45) is 2.26. The third kappa shape index (κ3) is 3.46. The molecule has 1 aliphatic heterocycles. The predicted molar refractivity (Wildman–Crippen MR) is 73.2 cm³/mol. The molecule has 3 heteroatoms. The van der Waals surface area contributed by atoms with Crippen LogP contribution in [0.2, 0.25) is 0 Å². The molecule has 0 amide bonds. The maximum Gasteiger partial charge on any atom is 0.123 e. The van der Waals surface area contributed by atoms with Crippen LogP contribution in [0.5, 0.6) is 0 Å². The van der Waals surface area contributed by atoms with Crippen LogP contribution in [0.4, 0.5) is 4.39 Å². The number of benzene rings is 1. The van der Waals surface area contributed by atoms with Gasteiger partial charge >= 0.3 is 0 Å². The van der Waals surface area contributed by atoms with E-state index in [1.165, 1.54) is 17.7 Å². The van der Waals surface area contributed by atoms with Gasteiger partial charge in [-0.05, 0) is 55.3 Å². The lowest BCUT2D eigenvalue weighted by Crippen LogP contribution is -2.34. The molecule has 1 aromatic carbocycles. The Morgan fingerprint density at radius 1 is 1.47 bits per heavy atom. The van der Waals surface area contributed by atoms with Crippen LogP contribution in [-0.4, -0.2) is 23.6 Å². The van der Waals surface area contributed by atoms with Crippen molar-refractivity contribution in [3.05, 3.63) is 35.1 Å². The van der Waals surface area contributed by atoms with E-state index < -0.39 is 0 Å². The Balaban J connectivity index is 1.81. The van der Waals surface area contributed by atoms with Gasteiger partial charge in [-0.3, -0.25) is 0 Å². The van der Waals surface area contributed by atoms with Crippen molar-refractivity contribution in [3.63, 3.8) is 0 Å². The molecule has 0 aliphatic carbocycles. The Bertz CT molecular complexity index is 380. The first-order valence-corrected chi connectivity index (χ1v) is 7.31. The number of halogens is 1. The third-order valence-electron chi connectivity index (χ3n) is 3.48. The van der Waals surface area contributed by atoms with Gasteiger partial charge in [-0.1, -0.05) is 13.0 Å². The Kier molecular flexibility index (Phi) is 4.46. The van der Waals surface area contributed by atoms with E-state index >= 15 is 0 Å². The zero-order chi connectivity index (χ0) is 12.3. The standard InChI is InChI=1S/C14H20FNS/c1-10-9-13(15)4-3-12(10)5-7-16-14-6-8-17-11(14)2/h3-4,9,11,14,16H,5-8H2,1-2H3. The maximum absolute atomic E-state index is 12.9. The second kappa shape index (κ2) is 5.87. The van der Waals surface area contributed by atoms with Crippen molar-refractivity contribution in [1.82, 2.24) is 5.32 Å². The maximum atomic E-state index is 12.9. The molecule has 2 unspecified atom stereocenters. The zero-order valence-electron chi connectivity index (χ0n) is 10.5. The highest BCUT2D eigenvalue weighted by atomic mass is 32.2. The van der Waals surface area contributed by atoms with Crippen molar-refractivity contribution in [1.29, 1.82) is 0 Å². The molecule has 94 valence electrons. The highest BCUT2D eigenvalue weighted by molar-refractivity contribution is 8.00. The fraction of sp³-hybridized carbons (Fsp3) is 0.571. The van der Waals surface area contributed by atoms with Gasteiger partial charge in [0.05, 0.1) is 0 Å². The van der Waals surface area contributed by atoms with E-state index in [0.29, 0.717) is 6.04 Å². The third-order valence-corrected chi connectivity index (χ3v) is 4.81. The number of thioether (sulfide) groups is 1. The number of aryl methyl sites for hydroxylation is 1. The number of hydrogen-bond acceptors (Lipinski definition) is 2. The summed E-state index contributed by atoms with van der Waals surface area (Å²) in [5, 5.41) is 4.33. The average molecular weight is 253 g/mol. The molecule has 2 rings (SSSR count). The largest absolute Gasteiger partial charge is 0.313 e. The monoisotopic (exact) mass is 253 g/mol. The van der Waals surface area contributed by atoms with Crippen LogP contribution >= 0.6 is 11.8 Å². The van der Waals surface area contributed by atoms with Gasteiger partial charge in [-0.15, -0.1) is 0 Å². The Morgan fingerprint density at radius 3 is 2.94 bits per heavy atom. The van der Waals surface area contributed by atoms with E-state index in [0.717, 1.165) is 23.8 Å². The number of rotatable bonds is 4. The molecule has 0 spiro atoms. The molecular formula is C14H20FNS. The molecule has 0 bridgehead atoms. The van der Waals surface area contributed by atoms with E-state index in [1.807, 2.05) is 24.8 Å². The summed E-state index contributed by atoms with van der Waals surface area (Å²) in [5.41, 5.74) is 2.30. The molecule has 1 heterocycles. The molecule has 0 radical (unpaired) electrons. The van der Waals surface area contributed by atoms with Crippen molar-refractivity contribution in [2.75, 3.05) is 12.3 Å². The van der Waals surface area contributed by atoms with Crippen molar-refractivity contribution in [2.24, 2.45) is 0 Å². The van der Waals surface area contributed by atoms with Crippen LogP contribution in [0.15, 0.2) is 18.2 Å². The summed E-state index contributed by atoms with van der Waals surface area (Å²) in [4.78, 5) is 0. The molecule has 2 atom stereocenters. The molecule has 17 heavy (non-hydrogen) atoms. The highest BCUT2D eigenvalue weighted by Crippen LogP contribution is 2.26. The van der Waals surface area contributed by atoms with Gasteiger partial charge in [-0.25, -0.2) is 4.39 Å². The second-order valence-corrected chi connectivity index (χ2v) is 6.23. The summed E-state index contributed by atoms with van der Waals surface area (Å²) < 4.78 is 12.9. The van der Waals surface area contributed by atoms with Crippen molar-refractivity contribution >= 4 is 11.8 Å². The van der Waals surface area contributed by atoms with Crippen LogP contribution in [0.1, 0.15) is 24.5 Å². The van der Waals surface area contributed by atoms with Crippen LogP contribution < -0.4 is 5.32 Å². The van der Waals surface area contributed by atoms with Crippen LogP contribution in [-0.2, 0) is 6.42 Å². The molecule has 1 aromatic rings. The van der Waals surface area contributed by atoms with Crippen molar-refractivity contribution in [3.8, 4) is 0 Å². The second-order valence-electron chi connectivity index (χ2n) is 4.75. The minimum Gasteiger partial charge on any atom is -0.313 e. The Labute approximate surface area is 107 Å². The van der Waals surface area contributed by atoms with E-state index in [-0.39, 0.29) is 5.82 Å². The Hall–Kier alpha value is -0.540. The summed E-state index contributed by atoms with van der Waals surface area (Å²) >= 11 is 2.04. The first kappa shape index (κ1) is 12.9. The average Bonchev–Trinajstić information content (AvgIpc) is 2.68. The molecule has 1 fully saturated rings. The normalized spacial score (nSPS) is 24.2. The van der Waals surface area contributed by atoms with Gasteiger partial charge in [0.2, 0.25) is 0 Å². The van der Waals surface area contributed by atoms with Crippen LogP contribution in [0.3, 0.4) is 0 Å². The van der Waals surface area contributed by atoms with Gasteiger partial charge in [0.15, 0.2) is 0 Å². The molecular weight excluding hydrogens is 233 g/mol. The molecule has 1 nitrogen and oxygen atoms in total. The smallest absolute Gasteiger partial charge is 0.123 e. The minimum absolute atomic E-state index is 0.139. The van der Waals surface area contributed by atoms with Crippen LogP contribution in [0, 0.1) is 12.7 Å². The van der Waals surface area contributed by atoms with Gasteiger partial charge < -0.3 is 5.32 Å². The van der Waals surface area contributed by atoms with E-state index in [1.54, 1.807) is 12.1 Å². The van der Waals surface area contributed by atoms with Gasteiger partial charge in [0.1, 0.15) is 5.82 Å². The fourth-order valence-electron chi connectivity index (χ4n) is 2.33. The fourth-order valence-corrected chi connectivity index (χ4v) is 3.56. The summed E-state index contributed by atoms with van der Waals surface area (Å²) in [6, 6.07) is 5.72. The quantitative estimate of drug-likeness (QED) is 0.884. The first-order valence-electron chi connectivity index (χ1n) is 6.27. The lowest BCUT2D eigenvalue weighted by molar-refractivity contribution is 0.516. The molecule has 0 aromatic heterocycles. The highest BCUT2D eigenvalue weighted by Gasteiger charge is 2.22. The Morgan fingerprint density at radius 2 is 2.29 bits per heavy atom. The lowest BCUT2D eigenvalue weighted by Gasteiger charge is -2.16. The molecule has 0 saturated carbocycles. The first-order chi connectivity index (χ1) is 8.16. The van der Waals surface area contributed by atoms with E-state index in [9.17, 15) is 4.39 Å². The molecule has 1 saturated heterocycles. The summed E-state index contributed by atoms with van der Waals surface area (Å²) in [7, 11) is 0. The lowest BCUT2D eigenvalue weighted by atomic mass is 10.1. The van der Waals surface area contributed by atoms with E-state index in [4.69, 9.17) is 0 Å². The van der Waals surface area contributed by atoms with Crippen LogP contribution in [0.25, 0.3) is 0 Å². The van der Waals surface area contributed by atoms with E-state index in [2.05, 4.69) is 12.2 Å². The zero-order valence-corrected chi connectivity index (χ0v) is 11.3. The van der Waals surface area contributed by atoms with Gasteiger partial charge in [-0.2, -0.15) is 11.8 Å². The minimum atomic E-state index is -0.139. The number of hydrogen-bond donors (Lipinski definition) is 1. The topological polar surface area (TPSA) is 12.0 Å². The van der Waals surface area contributed by atoms with Gasteiger partial charge in [0, 0.05) is 11.3 Å². The number of nitrogens with one attached hydrogen (secondary N) is 1. The molecule has 1 aliphatic rings. The van der Waals surface area contributed by atoms with Gasteiger partial charge in [0.25, 0.3) is 0 Å². The van der Waals surface area contributed by atoms with Crippen molar-refractivity contribution < 1.29 is 4.39 Å². The summed E-state index contributed by atoms with van der Waals surface area (Å²) in [5.74, 6) is 1.13. The summed E-state index contributed by atoms with van der Waals surface area (Å²) in [6.45, 7) is 5.26. The molecule has 1 N–H and O–H groups in total. The SMILES string of the molecule is Cc1cc(F)ccc1CCNC1CCSC1C. The predicted octanol–water partition coefficient (Wildman–Crippen LogP) is 3.16. The van der Waals surface area contributed by atoms with Crippen molar-refractivity contribution in [2.45, 2.75) is 38.0 Å².